The summed E-state index contributed by atoms with van der Waals surface area (Å²) in [6.07, 6.45) is 2.06. The van der Waals surface area contributed by atoms with Crippen LogP contribution in [0.2, 0.25) is 0 Å². The number of nitrogens with zero attached hydrogens (tertiary/aromatic N) is 1. The smallest absolute Gasteiger partial charge is 0.159 e. The zero-order valence-electron chi connectivity index (χ0n) is 15.5. The second-order valence-corrected chi connectivity index (χ2v) is 6.69. The van der Waals surface area contributed by atoms with E-state index in [-0.39, 0.29) is 0 Å². The molecular weight excluding hydrogens is 356 g/mol. The number of hydrogen-bond donors (Lipinski definition) is 1. The van der Waals surface area contributed by atoms with E-state index in [2.05, 4.69) is 16.3 Å². The molecule has 0 amide bonds. The van der Waals surface area contributed by atoms with Crippen molar-refractivity contribution in [3.63, 3.8) is 0 Å². The van der Waals surface area contributed by atoms with Gasteiger partial charge in [-0.1, -0.05) is 23.8 Å². The molecule has 0 fully saturated rings. The summed E-state index contributed by atoms with van der Waals surface area (Å²) in [5.74, 6) is -3.44. The average Bonchev–Trinajstić information content (AvgIpc) is 2.62. The van der Waals surface area contributed by atoms with Crippen molar-refractivity contribution in [3.05, 3.63) is 82.4 Å². The van der Waals surface area contributed by atoms with Crippen LogP contribution in [0.25, 0.3) is 0 Å². The van der Waals surface area contributed by atoms with Gasteiger partial charge < -0.3 is 5.32 Å². The lowest BCUT2D eigenvalue weighted by Gasteiger charge is -2.21. The number of halogens is 4. The van der Waals surface area contributed by atoms with Gasteiger partial charge in [0.2, 0.25) is 0 Å². The average molecular weight is 380 g/mol. The van der Waals surface area contributed by atoms with Crippen molar-refractivity contribution in [2.45, 2.75) is 26.9 Å². The van der Waals surface area contributed by atoms with Crippen molar-refractivity contribution in [1.29, 1.82) is 0 Å². The summed E-state index contributed by atoms with van der Waals surface area (Å²) in [6.45, 7) is 6.83. The normalized spacial score (nSPS) is 11.1. The van der Waals surface area contributed by atoms with Crippen molar-refractivity contribution in [2.75, 3.05) is 19.6 Å². The lowest BCUT2D eigenvalue weighted by Crippen LogP contribution is -2.32. The highest BCUT2D eigenvalue weighted by atomic mass is 19.2. The van der Waals surface area contributed by atoms with Gasteiger partial charge in [0.25, 0.3) is 0 Å². The van der Waals surface area contributed by atoms with Gasteiger partial charge >= 0.3 is 0 Å². The monoisotopic (exact) mass is 380 g/mol. The summed E-state index contributed by atoms with van der Waals surface area (Å²) in [5, 5.41) is 3.19. The Morgan fingerprint density at radius 2 is 1.48 bits per heavy atom. The van der Waals surface area contributed by atoms with Crippen LogP contribution < -0.4 is 5.32 Å². The zero-order valence-corrected chi connectivity index (χ0v) is 15.5. The molecule has 2 aromatic carbocycles. The van der Waals surface area contributed by atoms with Gasteiger partial charge in [-0.05, 0) is 49.2 Å². The Morgan fingerprint density at radius 3 is 2.07 bits per heavy atom. The minimum Gasteiger partial charge on any atom is -0.311 e. The molecule has 0 saturated carbocycles. The van der Waals surface area contributed by atoms with E-state index >= 15 is 0 Å². The molecule has 0 atom stereocenters. The van der Waals surface area contributed by atoms with Crippen LogP contribution in [-0.2, 0) is 13.1 Å². The van der Waals surface area contributed by atoms with E-state index in [0.717, 1.165) is 12.1 Å². The Kier molecular flexibility index (Phi) is 8.00. The molecule has 0 heterocycles. The fraction of sp³-hybridized carbons (Fsp3) is 0.333. The van der Waals surface area contributed by atoms with E-state index in [9.17, 15) is 17.6 Å². The molecule has 2 rings (SSSR count). The molecule has 146 valence electrons. The Bertz CT molecular complexity index is 786. The van der Waals surface area contributed by atoms with Gasteiger partial charge in [0, 0.05) is 32.7 Å². The minimum atomic E-state index is -0.863. The molecule has 0 aliphatic carbocycles. The predicted molar refractivity (Wildman–Crippen MR) is 99.1 cm³/mol. The highest BCUT2D eigenvalue weighted by Gasteiger charge is 2.08. The van der Waals surface area contributed by atoms with E-state index < -0.39 is 23.3 Å². The van der Waals surface area contributed by atoms with Gasteiger partial charge in [-0.15, -0.1) is 0 Å². The maximum atomic E-state index is 13.4. The second kappa shape index (κ2) is 10.2. The summed E-state index contributed by atoms with van der Waals surface area (Å²) in [7, 11) is 0. The van der Waals surface area contributed by atoms with Crippen LogP contribution in [0.3, 0.4) is 0 Å². The molecule has 0 aromatic heterocycles. The SMILES string of the molecule is CC(C)=CCN(CCNCc1ccc(F)c(F)c1)Cc1ccc(F)c(F)c1. The van der Waals surface area contributed by atoms with Crippen LogP contribution in [0.1, 0.15) is 25.0 Å². The van der Waals surface area contributed by atoms with E-state index in [1.807, 2.05) is 13.8 Å². The van der Waals surface area contributed by atoms with Crippen LogP contribution in [-0.4, -0.2) is 24.5 Å². The lowest BCUT2D eigenvalue weighted by atomic mass is 10.2. The molecule has 0 unspecified atom stereocenters. The number of benzene rings is 2. The first-order chi connectivity index (χ1) is 12.8. The Morgan fingerprint density at radius 1 is 0.889 bits per heavy atom. The molecule has 2 nitrogen and oxygen atoms in total. The molecule has 1 N–H and O–H groups in total. The maximum absolute atomic E-state index is 13.4. The van der Waals surface area contributed by atoms with E-state index in [4.69, 9.17) is 0 Å². The zero-order chi connectivity index (χ0) is 19.8. The molecule has 27 heavy (non-hydrogen) atoms. The standard InChI is InChI=1S/C21H24F4N2/c1-15(2)7-9-27(14-17-4-6-19(23)21(25)12-17)10-8-26-13-16-3-5-18(22)20(24)11-16/h3-7,11-12,26H,8-10,13-14H2,1-2H3. The third-order valence-electron chi connectivity index (χ3n) is 4.07. The van der Waals surface area contributed by atoms with Crippen molar-refractivity contribution in [3.8, 4) is 0 Å². The Labute approximate surface area is 157 Å². The second-order valence-electron chi connectivity index (χ2n) is 6.69. The van der Waals surface area contributed by atoms with Crippen molar-refractivity contribution in [2.24, 2.45) is 0 Å². The molecule has 0 aliphatic rings. The molecule has 0 saturated heterocycles. The van der Waals surface area contributed by atoms with Gasteiger partial charge in [0.15, 0.2) is 23.3 Å². The van der Waals surface area contributed by atoms with Crippen LogP contribution in [0.15, 0.2) is 48.0 Å². The fourth-order valence-electron chi connectivity index (χ4n) is 2.56. The number of hydrogen-bond acceptors (Lipinski definition) is 2. The van der Waals surface area contributed by atoms with E-state index in [0.29, 0.717) is 43.9 Å². The third-order valence-corrected chi connectivity index (χ3v) is 4.07. The van der Waals surface area contributed by atoms with Crippen LogP contribution in [0.4, 0.5) is 17.6 Å². The van der Waals surface area contributed by atoms with Crippen LogP contribution in [0, 0.1) is 23.3 Å². The largest absolute Gasteiger partial charge is 0.311 e. The topological polar surface area (TPSA) is 15.3 Å². The van der Waals surface area contributed by atoms with Gasteiger partial charge in [-0.25, -0.2) is 17.6 Å². The van der Waals surface area contributed by atoms with E-state index in [1.165, 1.54) is 23.8 Å². The van der Waals surface area contributed by atoms with Crippen molar-refractivity contribution >= 4 is 0 Å². The van der Waals surface area contributed by atoms with Crippen LogP contribution >= 0.6 is 0 Å². The third kappa shape index (κ3) is 7.15. The summed E-state index contributed by atoms with van der Waals surface area (Å²) in [6, 6.07) is 7.72. The molecule has 0 aliphatic heterocycles. The van der Waals surface area contributed by atoms with Gasteiger partial charge in [-0.2, -0.15) is 0 Å². The minimum absolute atomic E-state index is 0.416. The van der Waals surface area contributed by atoms with Gasteiger partial charge in [0.1, 0.15) is 0 Å². The first-order valence-corrected chi connectivity index (χ1v) is 8.79. The molecule has 2 aromatic rings. The van der Waals surface area contributed by atoms with Crippen molar-refractivity contribution < 1.29 is 17.6 Å². The Hall–Kier alpha value is -2.18. The van der Waals surface area contributed by atoms with E-state index in [1.54, 1.807) is 6.07 Å². The molecule has 0 spiro atoms. The van der Waals surface area contributed by atoms with Crippen molar-refractivity contribution in [1.82, 2.24) is 10.2 Å². The maximum Gasteiger partial charge on any atom is 0.159 e. The highest BCUT2D eigenvalue weighted by Crippen LogP contribution is 2.12. The molecule has 0 radical (unpaired) electrons. The molecule has 0 bridgehead atoms. The first-order valence-electron chi connectivity index (χ1n) is 8.79. The number of nitrogens with one attached hydrogen (secondary N) is 1. The van der Waals surface area contributed by atoms with Gasteiger partial charge in [0.05, 0.1) is 0 Å². The quantitative estimate of drug-likeness (QED) is 0.382. The first kappa shape index (κ1) is 21.1. The fourth-order valence-corrected chi connectivity index (χ4v) is 2.56. The summed E-state index contributed by atoms with van der Waals surface area (Å²) >= 11 is 0. The molecule has 6 heteroatoms. The number of allylic oxidation sites excluding steroid dienone is 1. The highest BCUT2D eigenvalue weighted by molar-refractivity contribution is 5.18. The Balaban J connectivity index is 1.90. The summed E-state index contributed by atoms with van der Waals surface area (Å²) < 4.78 is 52.7. The summed E-state index contributed by atoms with van der Waals surface area (Å²) in [4.78, 5) is 2.10. The molecular formula is C21H24F4N2. The number of rotatable bonds is 9. The summed E-state index contributed by atoms with van der Waals surface area (Å²) in [5.41, 5.74) is 2.52. The van der Waals surface area contributed by atoms with Gasteiger partial charge in [-0.3, -0.25) is 4.90 Å². The lowest BCUT2D eigenvalue weighted by molar-refractivity contribution is 0.291. The van der Waals surface area contributed by atoms with Crippen LogP contribution in [0.5, 0.6) is 0 Å². The predicted octanol–water partition coefficient (Wildman–Crippen LogP) is 4.80.